The number of thioether (sulfide) groups is 1. The number of anilines is 1. The number of alkyl halides is 3. The predicted octanol–water partition coefficient (Wildman–Crippen LogP) is 4.91. The summed E-state index contributed by atoms with van der Waals surface area (Å²) in [6.45, 7) is 2.69. The maximum atomic E-state index is 12.5. The lowest BCUT2D eigenvalue weighted by Crippen LogP contribution is -2.08. The maximum Gasteiger partial charge on any atom is 0.416 e. The van der Waals surface area contributed by atoms with Crippen LogP contribution in [-0.4, -0.2) is 18.1 Å². The van der Waals surface area contributed by atoms with Gasteiger partial charge in [-0.15, -0.1) is 0 Å². The Kier molecular flexibility index (Phi) is 6.15. The van der Waals surface area contributed by atoms with E-state index in [4.69, 9.17) is 11.6 Å². The molecule has 102 valence electrons. The van der Waals surface area contributed by atoms with Gasteiger partial charge in [-0.3, -0.25) is 0 Å². The molecule has 1 aromatic rings. The monoisotopic (exact) mass is 297 g/mol. The molecule has 0 saturated heterocycles. The fraction of sp³-hybridized carbons (Fsp3) is 0.500. The minimum absolute atomic E-state index is 0.311. The summed E-state index contributed by atoms with van der Waals surface area (Å²) < 4.78 is 37.5. The summed E-state index contributed by atoms with van der Waals surface area (Å²) >= 11 is 7.65. The lowest BCUT2D eigenvalue weighted by molar-refractivity contribution is -0.137. The lowest BCUT2D eigenvalue weighted by atomic mass is 10.2. The normalized spacial score (nSPS) is 11.6. The van der Waals surface area contributed by atoms with Gasteiger partial charge in [0.05, 0.1) is 16.3 Å². The summed E-state index contributed by atoms with van der Waals surface area (Å²) in [5, 5.41) is 3.25. The van der Waals surface area contributed by atoms with Crippen LogP contribution in [0.4, 0.5) is 18.9 Å². The van der Waals surface area contributed by atoms with Gasteiger partial charge in [-0.25, -0.2) is 0 Å². The number of hydrogen-bond donors (Lipinski definition) is 1. The molecule has 1 N–H and O–H groups in total. The smallest absolute Gasteiger partial charge is 0.384 e. The van der Waals surface area contributed by atoms with Crippen molar-refractivity contribution in [2.45, 2.75) is 19.5 Å². The van der Waals surface area contributed by atoms with E-state index in [1.165, 1.54) is 6.07 Å². The van der Waals surface area contributed by atoms with Crippen molar-refractivity contribution < 1.29 is 13.2 Å². The van der Waals surface area contributed by atoms with Crippen molar-refractivity contribution in [3.05, 3.63) is 28.8 Å². The first-order chi connectivity index (χ1) is 8.45. The van der Waals surface area contributed by atoms with Crippen LogP contribution in [-0.2, 0) is 6.18 Å². The zero-order chi connectivity index (χ0) is 13.6. The van der Waals surface area contributed by atoms with Crippen molar-refractivity contribution >= 4 is 29.1 Å². The zero-order valence-corrected chi connectivity index (χ0v) is 11.6. The first-order valence-corrected chi connectivity index (χ1v) is 7.16. The van der Waals surface area contributed by atoms with Crippen LogP contribution < -0.4 is 5.32 Å². The predicted molar refractivity (Wildman–Crippen MR) is 72.6 cm³/mol. The molecule has 0 bridgehead atoms. The zero-order valence-electron chi connectivity index (χ0n) is 9.98. The average Bonchev–Trinajstić information content (AvgIpc) is 2.29. The summed E-state index contributed by atoms with van der Waals surface area (Å²) in [5.41, 5.74) is -0.342. The largest absolute Gasteiger partial charge is 0.416 e. The Morgan fingerprint density at radius 1 is 1.33 bits per heavy atom. The minimum Gasteiger partial charge on any atom is -0.384 e. The van der Waals surface area contributed by atoms with Crippen LogP contribution in [0, 0.1) is 0 Å². The van der Waals surface area contributed by atoms with Crippen LogP contribution in [0.3, 0.4) is 0 Å². The molecule has 0 aliphatic heterocycles. The molecule has 0 radical (unpaired) electrons. The van der Waals surface area contributed by atoms with Crippen LogP contribution >= 0.6 is 23.4 Å². The molecule has 1 rings (SSSR count). The van der Waals surface area contributed by atoms with Gasteiger partial charge in [0.15, 0.2) is 0 Å². The number of benzene rings is 1. The minimum atomic E-state index is -4.33. The summed E-state index contributed by atoms with van der Waals surface area (Å²) in [4.78, 5) is 0. The van der Waals surface area contributed by atoms with Crippen LogP contribution in [0.25, 0.3) is 0 Å². The third-order valence-electron chi connectivity index (χ3n) is 2.28. The second-order valence-electron chi connectivity index (χ2n) is 3.67. The molecule has 0 aliphatic carbocycles. The molecule has 18 heavy (non-hydrogen) atoms. The maximum absolute atomic E-state index is 12.5. The van der Waals surface area contributed by atoms with Crippen molar-refractivity contribution in [1.29, 1.82) is 0 Å². The number of nitrogens with one attached hydrogen (secondary N) is 1. The van der Waals surface area contributed by atoms with Crippen LogP contribution in [0.2, 0.25) is 5.02 Å². The van der Waals surface area contributed by atoms with Gasteiger partial charge in [-0.2, -0.15) is 24.9 Å². The van der Waals surface area contributed by atoms with Crippen LogP contribution in [0.15, 0.2) is 18.2 Å². The van der Waals surface area contributed by atoms with E-state index < -0.39 is 11.7 Å². The van der Waals surface area contributed by atoms with Gasteiger partial charge >= 0.3 is 6.18 Å². The van der Waals surface area contributed by atoms with Crippen molar-refractivity contribution in [2.75, 3.05) is 23.4 Å². The lowest BCUT2D eigenvalue weighted by Gasteiger charge is -2.12. The Labute approximate surface area is 114 Å². The highest BCUT2D eigenvalue weighted by Crippen LogP contribution is 2.33. The van der Waals surface area contributed by atoms with Gasteiger partial charge in [0.1, 0.15) is 0 Å². The van der Waals surface area contributed by atoms with Gasteiger partial charge in [-0.05, 0) is 36.1 Å². The average molecular weight is 298 g/mol. The van der Waals surface area contributed by atoms with Crippen molar-refractivity contribution in [3.8, 4) is 0 Å². The molecule has 6 heteroatoms. The van der Waals surface area contributed by atoms with E-state index >= 15 is 0 Å². The first kappa shape index (κ1) is 15.5. The molecular formula is C12H15ClF3NS. The third kappa shape index (κ3) is 4.98. The van der Waals surface area contributed by atoms with Crippen molar-refractivity contribution in [2.24, 2.45) is 0 Å². The van der Waals surface area contributed by atoms with E-state index in [0.29, 0.717) is 17.3 Å². The van der Waals surface area contributed by atoms with Gasteiger partial charge < -0.3 is 5.32 Å². The van der Waals surface area contributed by atoms with Gasteiger partial charge in [0, 0.05) is 6.54 Å². The second-order valence-corrected chi connectivity index (χ2v) is 5.47. The fourth-order valence-electron chi connectivity index (χ4n) is 1.38. The molecule has 0 saturated carbocycles. The highest BCUT2D eigenvalue weighted by atomic mass is 35.5. The van der Waals surface area contributed by atoms with E-state index in [9.17, 15) is 13.2 Å². The van der Waals surface area contributed by atoms with E-state index in [2.05, 4.69) is 12.2 Å². The topological polar surface area (TPSA) is 12.0 Å². The fourth-order valence-corrected chi connectivity index (χ4v) is 2.20. The Morgan fingerprint density at radius 3 is 2.67 bits per heavy atom. The van der Waals surface area contributed by atoms with E-state index in [1.54, 1.807) is 11.8 Å². The summed E-state index contributed by atoms with van der Waals surface area (Å²) in [6, 6.07) is 3.31. The highest BCUT2D eigenvalue weighted by Gasteiger charge is 2.30. The molecule has 0 unspecified atom stereocenters. The Morgan fingerprint density at radius 2 is 2.06 bits per heavy atom. The van der Waals surface area contributed by atoms with E-state index in [-0.39, 0.29) is 0 Å². The second kappa shape index (κ2) is 7.14. The Hall–Kier alpha value is -0.550. The van der Waals surface area contributed by atoms with E-state index in [1.807, 2.05) is 0 Å². The molecule has 0 aliphatic rings. The van der Waals surface area contributed by atoms with E-state index in [0.717, 1.165) is 30.1 Å². The molecule has 1 aromatic carbocycles. The number of halogens is 4. The van der Waals surface area contributed by atoms with Crippen molar-refractivity contribution in [1.82, 2.24) is 0 Å². The molecular weight excluding hydrogens is 283 g/mol. The SMILES string of the molecule is CCSCCCNc1cc(C(F)(F)F)ccc1Cl. The summed E-state index contributed by atoms with van der Waals surface area (Å²) in [5.74, 6) is 2.03. The summed E-state index contributed by atoms with van der Waals surface area (Å²) in [6.07, 6.45) is -3.44. The standard InChI is InChI=1S/C12H15ClF3NS/c1-2-18-7-3-6-17-11-8-9(12(14,15)16)4-5-10(11)13/h4-5,8,17H,2-3,6-7H2,1H3. The molecule has 1 nitrogen and oxygen atoms in total. The summed E-state index contributed by atoms with van der Waals surface area (Å²) in [7, 11) is 0. The van der Waals surface area contributed by atoms with Crippen LogP contribution in [0.1, 0.15) is 18.9 Å². The highest BCUT2D eigenvalue weighted by molar-refractivity contribution is 7.99. The molecule has 0 atom stereocenters. The van der Waals surface area contributed by atoms with Gasteiger partial charge in [0.25, 0.3) is 0 Å². The molecule has 0 heterocycles. The Balaban J connectivity index is 2.59. The van der Waals surface area contributed by atoms with Gasteiger partial charge in [0.2, 0.25) is 0 Å². The number of rotatable bonds is 6. The van der Waals surface area contributed by atoms with Crippen LogP contribution in [0.5, 0.6) is 0 Å². The molecule has 0 fully saturated rings. The van der Waals surface area contributed by atoms with Crippen molar-refractivity contribution in [3.63, 3.8) is 0 Å². The van der Waals surface area contributed by atoms with Gasteiger partial charge in [-0.1, -0.05) is 18.5 Å². The first-order valence-electron chi connectivity index (χ1n) is 5.63. The quantitative estimate of drug-likeness (QED) is 0.748. The molecule has 0 spiro atoms. The number of hydrogen-bond acceptors (Lipinski definition) is 2. The molecule has 0 amide bonds. The third-order valence-corrected chi connectivity index (χ3v) is 3.59. The molecule has 0 aromatic heterocycles. The Bertz CT molecular complexity index is 382.